The number of rotatable bonds is 7. The molecule has 1 atom stereocenters. The summed E-state index contributed by atoms with van der Waals surface area (Å²) in [5, 5.41) is 3.68. The maximum atomic E-state index is 2.88. The van der Waals surface area contributed by atoms with Crippen LogP contribution in [0.2, 0.25) is 64.5 Å². The predicted octanol–water partition coefficient (Wildman–Crippen LogP) is 5.31. The maximum absolute atomic E-state index is 2.89. The first kappa shape index (κ1) is 37.2. The van der Waals surface area contributed by atoms with Gasteiger partial charge in [-0.25, -0.2) is 0 Å². The van der Waals surface area contributed by atoms with Gasteiger partial charge in [0.1, 0.15) is 0 Å². The monoisotopic (exact) mass is 772 g/mol. The smallest absolute Gasteiger partial charge is 1.00 e. The molecule has 2 aliphatic carbocycles. The number of hydrogen-bond donors (Lipinski definition) is 0. The van der Waals surface area contributed by atoms with Crippen molar-refractivity contribution in [3.05, 3.63) is 151 Å². The largest absolute Gasteiger partial charge is 1.00 e. The summed E-state index contributed by atoms with van der Waals surface area (Å²) in [5.41, 5.74) is 9.55. The molecule has 0 bridgehead atoms. The Balaban J connectivity index is 0.00000240. The normalized spacial score (nSPS) is 16.0. The number of benzene rings is 4. The van der Waals surface area contributed by atoms with Gasteiger partial charge in [0.25, 0.3) is 0 Å². The summed E-state index contributed by atoms with van der Waals surface area (Å²) in [5.74, 6) is 0. The van der Waals surface area contributed by atoms with Gasteiger partial charge in [0.05, 0.1) is 0 Å². The molecule has 1 unspecified atom stereocenters. The molecule has 0 saturated carbocycles. The first-order chi connectivity index (χ1) is 20.8. The van der Waals surface area contributed by atoms with Gasteiger partial charge in [-0.1, -0.05) is 0 Å². The van der Waals surface area contributed by atoms with Crippen molar-refractivity contribution in [3.63, 3.8) is 0 Å². The Morgan fingerprint density at radius 3 is 1.33 bits per heavy atom. The summed E-state index contributed by atoms with van der Waals surface area (Å²) in [6, 6.07) is 41.9. The number of fused-ring (bicyclic) bond motifs is 3. The molecule has 0 fully saturated rings. The zero-order chi connectivity index (χ0) is 31.4. The van der Waals surface area contributed by atoms with Crippen molar-refractivity contribution in [2.75, 3.05) is 0 Å². The van der Waals surface area contributed by atoms with E-state index in [4.69, 9.17) is 0 Å². The van der Waals surface area contributed by atoms with Crippen molar-refractivity contribution in [2.45, 2.75) is 68.1 Å². The quantitative estimate of drug-likeness (QED) is 0.224. The fourth-order valence-corrected chi connectivity index (χ4v) is 32.5. The van der Waals surface area contributed by atoms with Crippen molar-refractivity contribution in [1.82, 2.24) is 0 Å². The molecule has 0 aromatic heterocycles. The van der Waals surface area contributed by atoms with E-state index in [0.717, 1.165) is 0 Å². The third kappa shape index (κ3) is 6.91. The molecule has 2 aliphatic rings. The van der Waals surface area contributed by atoms with Gasteiger partial charge in [0.2, 0.25) is 0 Å². The van der Waals surface area contributed by atoms with Crippen LogP contribution in [0.15, 0.2) is 129 Å². The summed E-state index contributed by atoms with van der Waals surface area (Å²) in [6.07, 6.45) is 2.88. The van der Waals surface area contributed by atoms with Crippen LogP contribution in [0.1, 0.15) is 25.9 Å². The zero-order valence-electron chi connectivity index (χ0n) is 28.9. The third-order valence-corrected chi connectivity index (χ3v) is 25.9. The molecule has 0 nitrogen and oxygen atoms in total. The summed E-state index contributed by atoms with van der Waals surface area (Å²) in [6.45, 7) is 23.7. The molecular formula is C40H48Cl2Si3Zr. The Bertz CT molecular complexity index is 1720. The van der Waals surface area contributed by atoms with Crippen LogP contribution in [-0.2, 0) is 21.3 Å². The molecule has 6 heteroatoms. The molecule has 46 heavy (non-hydrogen) atoms. The second kappa shape index (κ2) is 14.1. The minimum atomic E-state index is -2.89. The molecule has 4 aromatic carbocycles. The molecule has 0 spiro atoms. The van der Waals surface area contributed by atoms with Gasteiger partial charge in [-0.3, -0.25) is 0 Å². The topological polar surface area (TPSA) is 0 Å². The van der Waals surface area contributed by atoms with Gasteiger partial charge in [-0.15, -0.1) is 0 Å². The van der Waals surface area contributed by atoms with Crippen LogP contribution >= 0.6 is 0 Å². The van der Waals surface area contributed by atoms with E-state index in [-0.39, 0.29) is 24.8 Å². The Labute approximate surface area is 301 Å². The van der Waals surface area contributed by atoms with Crippen LogP contribution in [0.3, 0.4) is 0 Å². The molecule has 6 rings (SSSR count). The van der Waals surface area contributed by atoms with E-state index in [9.17, 15) is 0 Å². The fraction of sp³-hybridized carbons (Fsp3) is 0.275. The average molecular weight is 775 g/mol. The van der Waals surface area contributed by atoms with Crippen molar-refractivity contribution in [3.8, 4) is 11.1 Å². The van der Waals surface area contributed by atoms with E-state index in [1.165, 1.54) is 22.3 Å². The molecular weight excluding hydrogens is 727 g/mol. The first-order valence-electron chi connectivity index (χ1n) is 16.3. The van der Waals surface area contributed by atoms with Crippen molar-refractivity contribution in [2.24, 2.45) is 0 Å². The van der Waals surface area contributed by atoms with Crippen molar-refractivity contribution >= 4 is 27.4 Å². The van der Waals surface area contributed by atoms with Gasteiger partial charge >= 0.3 is 279 Å². The van der Waals surface area contributed by atoms with E-state index in [0.29, 0.717) is 9.17 Å². The Hall–Kier alpha value is -1.66. The molecule has 0 saturated heterocycles. The molecule has 0 N–H and O–H groups in total. The van der Waals surface area contributed by atoms with Crippen LogP contribution in [0.25, 0.3) is 11.1 Å². The summed E-state index contributed by atoms with van der Waals surface area (Å²) in [7, 11) is -4.95. The fourth-order valence-electron chi connectivity index (χ4n) is 7.64. The van der Waals surface area contributed by atoms with Gasteiger partial charge in [-0.05, 0) is 0 Å². The van der Waals surface area contributed by atoms with E-state index in [1.807, 2.05) is 8.48 Å². The molecule has 0 aliphatic heterocycles. The van der Waals surface area contributed by atoms with E-state index < -0.39 is 45.5 Å². The molecule has 0 heterocycles. The second-order valence-corrected chi connectivity index (χ2v) is 37.2. The van der Waals surface area contributed by atoms with E-state index in [2.05, 4.69) is 174 Å². The van der Waals surface area contributed by atoms with Gasteiger partial charge in [0, 0.05) is 0 Å². The zero-order valence-corrected chi connectivity index (χ0v) is 35.9. The minimum absolute atomic E-state index is 0. The summed E-state index contributed by atoms with van der Waals surface area (Å²) >= 11 is -2.89. The Morgan fingerprint density at radius 1 is 0.522 bits per heavy atom. The van der Waals surface area contributed by atoms with Crippen molar-refractivity contribution < 1.29 is 46.1 Å². The minimum Gasteiger partial charge on any atom is -1.00 e. The molecule has 0 amide bonds. The number of halogens is 2. The Morgan fingerprint density at radius 2 is 0.935 bits per heavy atom. The van der Waals surface area contributed by atoms with Crippen LogP contribution in [0.4, 0.5) is 0 Å². The first-order valence-corrected chi connectivity index (χ1v) is 30.7. The molecule has 4 aromatic rings. The van der Waals surface area contributed by atoms with Crippen molar-refractivity contribution in [1.29, 1.82) is 0 Å². The maximum Gasteiger partial charge on any atom is -1.00 e. The van der Waals surface area contributed by atoms with Crippen LogP contribution in [0, 0.1) is 0 Å². The number of allylic oxidation sites excluding steroid dienone is 4. The third-order valence-electron chi connectivity index (χ3n) is 9.48. The Kier molecular flexibility index (Phi) is 11.4. The average Bonchev–Trinajstić information content (AvgIpc) is 3.55. The SMILES string of the molecule is C[Si](C)(C)C1=CC([Si](C)(C)C)[C]([Zr+2](=[C](c2ccccc2)c2ccccc2)[CH]2c3ccccc3-c3ccccc32)=C1[Si](C)(C)C.[Cl-].[Cl-]. The summed E-state index contributed by atoms with van der Waals surface area (Å²) < 4.78 is 4.10. The van der Waals surface area contributed by atoms with Crippen LogP contribution < -0.4 is 24.8 Å². The predicted molar refractivity (Wildman–Crippen MR) is 199 cm³/mol. The summed E-state index contributed by atoms with van der Waals surface area (Å²) in [4.78, 5) is 0. The standard InChI is InChI=1S/C14H29Si3.C13H9.C13H10.2ClH.Zr/c1-15(2,3)12-10-13(16(4,5)6)14(11-12)17(7,8)9;1-3-7-12-10(5-1)9-11-6-2-4-8-13(11)12;1-3-7-12(8-4-1)11-13-9-5-2-6-10-13;;;/h10,12H,1-9H3;1-9H;1-10H;2*1H;/q;;;;;+2/p-2. The van der Waals surface area contributed by atoms with Gasteiger partial charge in [-0.2, -0.15) is 0 Å². The van der Waals surface area contributed by atoms with E-state index >= 15 is 0 Å². The molecule has 238 valence electrons. The van der Waals surface area contributed by atoms with Gasteiger partial charge < -0.3 is 24.8 Å². The molecule has 0 radical (unpaired) electrons. The van der Waals surface area contributed by atoms with Crippen LogP contribution in [0.5, 0.6) is 0 Å². The van der Waals surface area contributed by atoms with E-state index in [1.54, 1.807) is 19.5 Å². The number of hydrogen-bond acceptors (Lipinski definition) is 0. The van der Waals surface area contributed by atoms with Gasteiger partial charge in [0.15, 0.2) is 0 Å². The second-order valence-electron chi connectivity index (χ2n) is 15.8. The van der Waals surface area contributed by atoms with Crippen LogP contribution in [-0.4, -0.2) is 27.4 Å².